The Morgan fingerprint density at radius 3 is 2.41 bits per heavy atom. The number of nitrogens with two attached hydrogens (primary N) is 1. The Bertz CT molecular complexity index is 792. The molecule has 2 N–H and O–H groups in total. The Labute approximate surface area is 131 Å². The van der Waals surface area contributed by atoms with Gasteiger partial charge in [-0.05, 0) is 37.6 Å². The van der Waals surface area contributed by atoms with Gasteiger partial charge in [-0.3, -0.25) is 0 Å². The highest BCUT2D eigenvalue weighted by atomic mass is 15.1. The Balaban J connectivity index is 2.04. The molecule has 3 heteroatoms. The third-order valence-electron chi connectivity index (χ3n) is 3.47. The van der Waals surface area contributed by atoms with Crippen LogP contribution in [0.25, 0.3) is 23.2 Å². The van der Waals surface area contributed by atoms with Crippen molar-refractivity contribution < 1.29 is 0 Å². The van der Waals surface area contributed by atoms with Crippen LogP contribution in [0.4, 0.5) is 0 Å². The summed E-state index contributed by atoms with van der Waals surface area (Å²) in [5.74, 6) is 0.934. The second-order valence-corrected chi connectivity index (χ2v) is 6.28. The zero-order chi connectivity index (χ0) is 15.6. The molecule has 0 aliphatic heterocycles. The van der Waals surface area contributed by atoms with Gasteiger partial charge in [-0.15, -0.1) is 0 Å². The van der Waals surface area contributed by atoms with Crippen LogP contribution in [0.15, 0.2) is 54.6 Å². The normalized spacial score (nSPS) is 12.3. The van der Waals surface area contributed by atoms with Crippen molar-refractivity contribution in [2.24, 2.45) is 5.73 Å². The lowest BCUT2D eigenvalue weighted by Crippen LogP contribution is -2.37. The van der Waals surface area contributed by atoms with Crippen molar-refractivity contribution in [2.75, 3.05) is 0 Å². The van der Waals surface area contributed by atoms with Crippen LogP contribution in [0, 0.1) is 0 Å². The van der Waals surface area contributed by atoms with Crippen molar-refractivity contribution in [3.05, 3.63) is 66.0 Å². The molecule has 0 aliphatic rings. The Morgan fingerprint density at radius 1 is 1.00 bits per heavy atom. The van der Waals surface area contributed by atoms with Gasteiger partial charge in [0.15, 0.2) is 0 Å². The van der Waals surface area contributed by atoms with E-state index in [2.05, 4.69) is 34.9 Å². The number of imidazole rings is 1. The fraction of sp³-hybridized carbons (Fsp3) is 0.211. The molecule has 0 spiro atoms. The van der Waals surface area contributed by atoms with Crippen LogP contribution in [-0.4, -0.2) is 15.1 Å². The maximum absolute atomic E-state index is 6.22. The van der Waals surface area contributed by atoms with Gasteiger partial charge in [0.1, 0.15) is 5.82 Å². The van der Waals surface area contributed by atoms with Crippen LogP contribution in [-0.2, 0) is 6.54 Å². The zero-order valence-electron chi connectivity index (χ0n) is 13.0. The van der Waals surface area contributed by atoms with E-state index in [-0.39, 0.29) is 5.54 Å². The molecule has 1 aromatic heterocycles. The van der Waals surface area contributed by atoms with E-state index in [9.17, 15) is 0 Å². The van der Waals surface area contributed by atoms with Crippen molar-refractivity contribution in [1.82, 2.24) is 9.55 Å². The summed E-state index contributed by atoms with van der Waals surface area (Å²) >= 11 is 0. The van der Waals surface area contributed by atoms with Crippen LogP contribution in [0.3, 0.4) is 0 Å². The maximum Gasteiger partial charge on any atom is 0.133 e. The van der Waals surface area contributed by atoms with Crippen molar-refractivity contribution in [3.8, 4) is 0 Å². The van der Waals surface area contributed by atoms with Gasteiger partial charge in [-0.25, -0.2) is 4.98 Å². The van der Waals surface area contributed by atoms with Gasteiger partial charge in [-0.2, -0.15) is 0 Å². The molecule has 22 heavy (non-hydrogen) atoms. The highest BCUT2D eigenvalue weighted by Gasteiger charge is 2.16. The minimum absolute atomic E-state index is 0.293. The smallest absolute Gasteiger partial charge is 0.133 e. The van der Waals surface area contributed by atoms with E-state index >= 15 is 0 Å². The van der Waals surface area contributed by atoms with Gasteiger partial charge in [-0.1, -0.05) is 48.5 Å². The number of nitrogens with zero attached hydrogens (tertiary/aromatic N) is 2. The van der Waals surface area contributed by atoms with Crippen molar-refractivity contribution in [1.29, 1.82) is 0 Å². The number of hydrogen-bond acceptors (Lipinski definition) is 2. The van der Waals surface area contributed by atoms with E-state index in [4.69, 9.17) is 10.7 Å². The summed E-state index contributed by atoms with van der Waals surface area (Å²) in [5, 5.41) is 0. The molecular weight excluding hydrogens is 270 g/mol. The van der Waals surface area contributed by atoms with Gasteiger partial charge in [0.05, 0.1) is 11.0 Å². The number of para-hydroxylation sites is 2. The average molecular weight is 291 g/mol. The van der Waals surface area contributed by atoms with Gasteiger partial charge < -0.3 is 10.3 Å². The first-order valence-electron chi connectivity index (χ1n) is 7.50. The molecule has 112 valence electrons. The summed E-state index contributed by atoms with van der Waals surface area (Å²) in [4.78, 5) is 4.73. The molecule has 1 heterocycles. The van der Waals surface area contributed by atoms with Crippen LogP contribution in [0.2, 0.25) is 0 Å². The number of aromatic nitrogens is 2. The molecule has 0 unspecified atom stereocenters. The summed E-state index contributed by atoms with van der Waals surface area (Å²) in [5.41, 5.74) is 9.21. The predicted octanol–water partition coefficient (Wildman–Crippen LogP) is 3.94. The molecule has 0 saturated carbocycles. The number of rotatable bonds is 4. The molecule has 0 fully saturated rings. The second kappa shape index (κ2) is 5.78. The summed E-state index contributed by atoms with van der Waals surface area (Å²) < 4.78 is 2.19. The lowest BCUT2D eigenvalue weighted by Gasteiger charge is -2.20. The quantitative estimate of drug-likeness (QED) is 0.791. The molecule has 0 bridgehead atoms. The maximum atomic E-state index is 6.22. The van der Waals surface area contributed by atoms with Crippen LogP contribution < -0.4 is 5.73 Å². The highest BCUT2D eigenvalue weighted by molar-refractivity contribution is 5.79. The lowest BCUT2D eigenvalue weighted by atomic mass is 10.1. The Hall–Kier alpha value is -2.39. The fourth-order valence-electron chi connectivity index (χ4n) is 2.53. The topological polar surface area (TPSA) is 43.8 Å². The summed E-state index contributed by atoms with van der Waals surface area (Å²) in [6.07, 6.45) is 4.14. The van der Waals surface area contributed by atoms with Crippen LogP contribution in [0.1, 0.15) is 25.2 Å². The van der Waals surface area contributed by atoms with Crippen molar-refractivity contribution >= 4 is 23.2 Å². The molecule has 0 radical (unpaired) electrons. The average Bonchev–Trinajstić information content (AvgIpc) is 2.83. The second-order valence-electron chi connectivity index (χ2n) is 6.28. The van der Waals surface area contributed by atoms with Crippen molar-refractivity contribution in [3.63, 3.8) is 0 Å². The summed E-state index contributed by atoms with van der Waals surface area (Å²) in [7, 11) is 0. The monoisotopic (exact) mass is 291 g/mol. The first kappa shape index (κ1) is 14.5. The van der Waals surface area contributed by atoms with Crippen molar-refractivity contribution in [2.45, 2.75) is 25.9 Å². The van der Waals surface area contributed by atoms with Crippen LogP contribution in [0.5, 0.6) is 0 Å². The highest BCUT2D eigenvalue weighted by Crippen LogP contribution is 2.20. The fourth-order valence-corrected chi connectivity index (χ4v) is 2.53. The van der Waals surface area contributed by atoms with E-state index in [0.29, 0.717) is 0 Å². The molecule has 0 aliphatic carbocycles. The Kier molecular flexibility index (Phi) is 3.82. The lowest BCUT2D eigenvalue weighted by molar-refractivity contribution is 0.439. The minimum Gasteiger partial charge on any atom is -0.324 e. The van der Waals surface area contributed by atoms with Crippen LogP contribution >= 0.6 is 0 Å². The standard InChI is InChI=1S/C19H21N3/c1-19(2,20)14-22-17-11-7-6-10-16(17)21-18(22)13-12-15-8-4-3-5-9-15/h3-13H,14,20H2,1-2H3/b13-12+. The summed E-state index contributed by atoms with van der Waals surface area (Å²) in [6, 6.07) is 18.4. The third kappa shape index (κ3) is 3.26. The molecular formula is C19H21N3. The van der Waals surface area contributed by atoms with Gasteiger partial charge in [0.25, 0.3) is 0 Å². The first-order valence-corrected chi connectivity index (χ1v) is 7.50. The first-order chi connectivity index (χ1) is 10.5. The number of benzene rings is 2. The SMILES string of the molecule is CC(C)(N)Cn1c(/C=C/c2ccccc2)nc2ccccc21. The van der Waals surface area contributed by atoms with E-state index < -0.39 is 0 Å². The van der Waals surface area contributed by atoms with E-state index in [1.54, 1.807) is 0 Å². The molecule has 2 aromatic carbocycles. The van der Waals surface area contributed by atoms with Gasteiger partial charge in [0.2, 0.25) is 0 Å². The van der Waals surface area contributed by atoms with E-state index in [1.165, 1.54) is 0 Å². The molecule has 3 rings (SSSR count). The molecule has 0 atom stereocenters. The zero-order valence-corrected chi connectivity index (χ0v) is 13.0. The molecule has 0 saturated heterocycles. The Morgan fingerprint density at radius 2 is 1.68 bits per heavy atom. The third-order valence-corrected chi connectivity index (χ3v) is 3.47. The molecule has 3 nitrogen and oxygen atoms in total. The molecule has 3 aromatic rings. The largest absolute Gasteiger partial charge is 0.324 e. The summed E-state index contributed by atoms with van der Waals surface area (Å²) in [6.45, 7) is 4.79. The molecule has 0 amide bonds. The van der Waals surface area contributed by atoms with E-state index in [0.717, 1.165) is 29.0 Å². The van der Waals surface area contributed by atoms with E-state index in [1.807, 2.05) is 50.2 Å². The van der Waals surface area contributed by atoms with Gasteiger partial charge in [0, 0.05) is 12.1 Å². The predicted molar refractivity (Wildman–Crippen MR) is 93.4 cm³/mol. The minimum atomic E-state index is -0.293. The number of fused-ring (bicyclic) bond motifs is 1. The van der Waals surface area contributed by atoms with Gasteiger partial charge >= 0.3 is 0 Å². The number of hydrogen-bond donors (Lipinski definition) is 1.